The van der Waals surface area contributed by atoms with Gasteiger partial charge in [0.25, 0.3) is 5.69 Å². The van der Waals surface area contributed by atoms with Gasteiger partial charge in [0.05, 0.1) is 10.6 Å². The number of benzene rings is 1. The van der Waals surface area contributed by atoms with Crippen molar-refractivity contribution in [3.8, 4) is 0 Å². The van der Waals surface area contributed by atoms with Crippen molar-refractivity contribution in [2.24, 2.45) is 0 Å². The minimum atomic E-state index is -1.07. The van der Waals surface area contributed by atoms with Crippen LogP contribution >= 0.6 is 0 Å². The van der Waals surface area contributed by atoms with Crippen LogP contribution in [0, 0.1) is 10.1 Å². The van der Waals surface area contributed by atoms with Crippen molar-refractivity contribution in [3.63, 3.8) is 0 Å². The third-order valence-corrected chi connectivity index (χ3v) is 2.78. The van der Waals surface area contributed by atoms with Crippen molar-refractivity contribution < 1.29 is 19.6 Å². The number of rotatable bonds is 6. The zero-order valence-corrected chi connectivity index (χ0v) is 11.4. The highest BCUT2D eigenvalue weighted by atomic mass is 16.6. The summed E-state index contributed by atoms with van der Waals surface area (Å²) >= 11 is 0. The number of amides is 2. The average molecular weight is 296 g/mol. The van der Waals surface area contributed by atoms with Gasteiger partial charge in [0.2, 0.25) is 5.91 Å². The lowest BCUT2D eigenvalue weighted by Gasteiger charge is -2.12. The van der Waals surface area contributed by atoms with Gasteiger partial charge in [-0.2, -0.15) is 0 Å². The van der Waals surface area contributed by atoms with Gasteiger partial charge < -0.3 is 21.1 Å². The first-order chi connectivity index (χ1) is 9.82. The topological polar surface area (TPSA) is 139 Å². The lowest BCUT2D eigenvalue weighted by molar-refractivity contribution is -0.383. The van der Waals surface area contributed by atoms with E-state index in [0.717, 1.165) is 4.90 Å². The molecule has 1 aromatic carbocycles. The number of carboxylic acid groups (broad SMARTS) is 1. The predicted molar refractivity (Wildman–Crippen MR) is 76.0 cm³/mol. The molecule has 0 atom stereocenters. The molecule has 0 aliphatic rings. The molecule has 0 aliphatic heterocycles. The number of para-hydroxylation sites is 1. The average Bonchev–Trinajstić information content (AvgIpc) is 2.40. The molecule has 2 amide bonds. The third-order valence-electron chi connectivity index (χ3n) is 2.78. The van der Waals surface area contributed by atoms with Crippen LogP contribution in [-0.4, -0.2) is 40.5 Å². The Morgan fingerprint density at radius 3 is 2.71 bits per heavy atom. The van der Waals surface area contributed by atoms with Crippen LogP contribution in [0.1, 0.15) is 12.8 Å². The number of anilines is 2. The van der Waals surface area contributed by atoms with Crippen LogP contribution in [0.15, 0.2) is 18.2 Å². The highest BCUT2D eigenvalue weighted by molar-refractivity contribution is 5.95. The largest absolute Gasteiger partial charge is 0.465 e. The molecule has 0 unspecified atom stereocenters. The number of nitro groups is 1. The molecule has 0 saturated heterocycles. The maximum Gasteiger partial charge on any atom is 0.407 e. The van der Waals surface area contributed by atoms with Crippen LogP contribution in [0.25, 0.3) is 0 Å². The van der Waals surface area contributed by atoms with Gasteiger partial charge in [-0.1, -0.05) is 6.07 Å². The maximum atomic E-state index is 11.7. The number of nitrogens with two attached hydrogens (primary N) is 1. The molecule has 0 heterocycles. The second-order valence-corrected chi connectivity index (χ2v) is 4.35. The molecule has 0 aromatic heterocycles. The molecule has 9 heteroatoms. The van der Waals surface area contributed by atoms with Crippen LogP contribution in [0.2, 0.25) is 0 Å². The Morgan fingerprint density at radius 2 is 2.14 bits per heavy atom. The van der Waals surface area contributed by atoms with E-state index in [9.17, 15) is 19.7 Å². The van der Waals surface area contributed by atoms with Crippen molar-refractivity contribution in [3.05, 3.63) is 28.3 Å². The molecule has 0 radical (unpaired) electrons. The second-order valence-electron chi connectivity index (χ2n) is 4.35. The van der Waals surface area contributed by atoms with Crippen LogP contribution in [0.4, 0.5) is 21.9 Å². The molecule has 114 valence electrons. The lowest BCUT2D eigenvalue weighted by Crippen LogP contribution is -2.26. The van der Waals surface area contributed by atoms with E-state index in [1.807, 2.05) is 0 Å². The Hall–Kier alpha value is -2.84. The van der Waals surface area contributed by atoms with Crippen molar-refractivity contribution in [1.29, 1.82) is 0 Å². The first-order valence-corrected chi connectivity index (χ1v) is 6.09. The summed E-state index contributed by atoms with van der Waals surface area (Å²) in [4.78, 5) is 33.4. The molecule has 1 rings (SSSR count). The summed E-state index contributed by atoms with van der Waals surface area (Å²) in [6.45, 7) is 0.215. The fourth-order valence-electron chi connectivity index (χ4n) is 1.61. The molecule has 0 saturated carbocycles. The van der Waals surface area contributed by atoms with Gasteiger partial charge in [-0.3, -0.25) is 14.9 Å². The summed E-state index contributed by atoms with van der Waals surface area (Å²) in [5.41, 5.74) is 5.38. The number of hydrogen-bond acceptors (Lipinski definition) is 5. The van der Waals surface area contributed by atoms with Crippen molar-refractivity contribution in [2.45, 2.75) is 12.8 Å². The zero-order chi connectivity index (χ0) is 16.0. The number of nitro benzene ring substituents is 1. The predicted octanol–water partition coefficient (Wildman–Crippen LogP) is 1.51. The highest BCUT2D eigenvalue weighted by Crippen LogP contribution is 2.28. The van der Waals surface area contributed by atoms with Crippen LogP contribution in [0.3, 0.4) is 0 Å². The van der Waals surface area contributed by atoms with Gasteiger partial charge in [-0.05, 0) is 12.5 Å². The van der Waals surface area contributed by atoms with Gasteiger partial charge >= 0.3 is 6.09 Å². The van der Waals surface area contributed by atoms with Crippen LogP contribution in [0.5, 0.6) is 0 Å². The van der Waals surface area contributed by atoms with Gasteiger partial charge in [0, 0.05) is 26.1 Å². The fraction of sp³-hybridized carbons (Fsp3) is 0.333. The van der Waals surface area contributed by atoms with Gasteiger partial charge in [-0.25, -0.2) is 4.79 Å². The molecule has 0 aliphatic carbocycles. The number of hydrogen-bond donors (Lipinski definition) is 3. The van der Waals surface area contributed by atoms with Crippen molar-refractivity contribution in [2.75, 3.05) is 24.6 Å². The standard InChI is InChI=1S/C12H16N4O5/c1-15(12(18)19)7-3-6-10(17)14-8-4-2-5-9(11(8)13)16(20)21/h2,4-5H,3,6-7,13H2,1H3,(H,14,17)(H,18,19). The summed E-state index contributed by atoms with van der Waals surface area (Å²) < 4.78 is 0. The van der Waals surface area contributed by atoms with Crippen molar-refractivity contribution in [1.82, 2.24) is 4.90 Å². The molecule has 0 fully saturated rings. The van der Waals surface area contributed by atoms with E-state index in [1.165, 1.54) is 25.2 Å². The fourth-order valence-corrected chi connectivity index (χ4v) is 1.61. The Kier molecular flexibility index (Phi) is 5.47. The quantitative estimate of drug-likeness (QED) is 0.413. The van der Waals surface area contributed by atoms with E-state index < -0.39 is 11.0 Å². The second kappa shape index (κ2) is 7.08. The summed E-state index contributed by atoms with van der Waals surface area (Å²) in [5, 5.41) is 21.8. The van der Waals surface area contributed by atoms with Gasteiger partial charge in [-0.15, -0.1) is 0 Å². The van der Waals surface area contributed by atoms with E-state index in [0.29, 0.717) is 6.42 Å². The molecule has 0 bridgehead atoms. The highest BCUT2D eigenvalue weighted by Gasteiger charge is 2.15. The maximum absolute atomic E-state index is 11.7. The molecular weight excluding hydrogens is 280 g/mol. The summed E-state index contributed by atoms with van der Waals surface area (Å²) in [6, 6.07) is 4.12. The van der Waals surface area contributed by atoms with E-state index in [-0.39, 0.29) is 35.9 Å². The Morgan fingerprint density at radius 1 is 1.48 bits per heavy atom. The Labute approximate surface area is 120 Å². The van der Waals surface area contributed by atoms with E-state index in [4.69, 9.17) is 10.8 Å². The molecule has 0 spiro atoms. The summed E-state index contributed by atoms with van der Waals surface area (Å²) in [5.74, 6) is -0.388. The van der Waals surface area contributed by atoms with E-state index in [1.54, 1.807) is 0 Å². The van der Waals surface area contributed by atoms with E-state index >= 15 is 0 Å². The number of carbonyl (C=O) groups is 2. The monoisotopic (exact) mass is 296 g/mol. The number of nitrogen functional groups attached to an aromatic ring is 1. The van der Waals surface area contributed by atoms with Crippen LogP contribution in [-0.2, 0) is 4.79 Å². The van der Waals surface area contributed by atoms with E-state index in [2.05, 4.69) is 5.32 Å². The molecule has 9 nitrogen and oxygen atoms in total. The number of nitrogens with zero attached hydrogens (tertiary/aromatic N) is 2. The molecule has 21 heavy (non-hydrogen) atoms. The third kappa shape index (κ3) is 4.64. The summed E-state index contributed by atoms with van der Waals surface area (Å²) in [7, 11) is 1.40. The molecule has 1 aromatic rings. The first-order valence-electron chi connectivity index (χ1n) is 6.09. The van der Waals surface area contributed by atoms with Crippen LogP contribution < -0.4 is 11.1 Å². The first kappa shape index (κ1) is 16.2. The lowest BCUT2D eigenvalue weighted by atomic mass is 10.2. The molecular formula is C12H16N4O5. The van der Waals surface area contributed by atoms with Gasteiger partial charge in [0.1, 0.15) is 5.69 Å². The number of carbonyl (C=O) groups excluding carboxylic acids is 1. The minimum absolute atomic E-state index is 0.0831. The number of nitrogens with one attached hydrogen (secondary N) is 1. The summed E-state index contributed by atoms with van der Waals surface area (Å²) in [6.07, 6.45) is -0.651. The Bertz CT molecular complexity index is 561. The minimum Gasteiger partial charge on any atom is -0.465 e. The Balaban J connectivity index is 2.58. The SMILES string of the molecule is CN(CCCC(=O)Nc1cccc([N+](=O)[O-])c1N)C(=O)O. The smallest absolute Gasteiger partial charge is 0.407 e. The van der Waals surface area contributed by atoms with Crippen molar-refractivity contribution >= 4 is 29.1 Å². The normalized spacial score (nSPS) is 9.95. The zero-order valence-electron chi connectivity index (χ0n) is 11.4. The van der Waals surface area contributed by atoms with Gasteiger partial charge in [0.15, 0.2) is 0 Å². The molecule has 4 N–H and O–H groups in total.